The fraction of sp³-hybridized carbons (Fsp3) is 0.263. The van der Waals surface area contributed by atoms with Gasteiger partial charge in [0.2, 0.25) is 15.9 Å². The van der Waals surface area contributed by atoms with Crippen LogP contribution in [-0.4, -0.2) is 32.5 Å². The van der Waals surface area contributed by atoms with Crippen LogP contribution in [0, 0.1) is 6.92 Å². The molecule has 8 heteroatoms. The highest BCUT2D eigenvalue weighted by atomic mass is 32.2. The van der Waals surface area contributed by atoms with Crippen LogP contribution in [0.2, 0.25) is 0 Å². The van der Waals surface area contributed by atoms with Gasteiger partial charge < -0.3 is 11.1 Å². The first-order valence-corrected chi connectivity index (χ1v) is 10.3. The van der Waals surface area contributed by atoms with Gasteiger partial charge in [-0.3, -0.25) is 13.9 Å². The van der Waals surface area contributed by atoms with Gasteiger partial charge in [0, 0.05) is 0 Å². The zero-order valence-corrected chi connectivity index (χ0v) is 16.3. The van der Waals surface area contributed by atoms with E-state index < -0.39 is 27.9 Å². The molecule has 0 aliphatic rings. The van der Waals surface area contributed by atoms with Gasteiger partial charge in [-0.25, -0.2) is 8.42 Å². The van der Waals surface area contributed by atoms with E-state index in [1.165, 1.54) is 6.07 Å². The number of nitrogens with two attached hydrogens (primary N) is 1. The second-order valence-corrected chi connectivity index (χ2v) is 8.08. The van der Waals surface area contributed by atoms with Crippen molar-refractivity contribution in [3.05, 3.63) is 59.7 Å². The number of amides is 2. The number of nitrogens with one attached hydrogen (secondary N) is 1. The van der Waals surface area contributed by atoms with Crippen molar-refractivity contribution < 1.29 is 18.0 Å². The quantitative estimate of drug-likeness (QED) is 0.757. The SMILES string of the molecule is CC[C@H](C(=O)Nc1ccccc1C(N)=O)N(c1cccc(C)c1)S(C)(=O)=O. The molecule has 0 aliphatic carbocycles. The summed E-state index contributed by atoms with van der Waals surface area (Å²) in [6, 6.07) is 12.2. The molecule has 3 N–H and O–H groups in total. The van der Waals surface area contributed by atoms with Crippen molar-refractivity contribution in [1.29, 1.82) is 0 Å². The average molecular weight is 389 g/mol. The molecule has 2 rings (SSSR count). The molecule has 0 unspecified atom stereocenters. The maximum atomic E-state index is 12.9. The van der Waals surface area contributed by atoms with E-state index in [4.69, 9.17) is 5.73 Å². The number of carbonyl (C=O) groups is 2. The highest BCUT2D eigenvalue weighted by Gasteiger charge is 2.32. The van der Waals surface area contributed by atoms with Gasteiger partial charge in [0.05, 0.1) is 23.2 Å². The van der Waals surface area contributed by atoms with Crippen LogP contribution in [0.3, 0.4) is 0 Å². The molecule has 27 heavy (non-hydrogen) atoms. The standard InChI is InChI=1S/C19H23N3O4S/c1-4-17(19(24)21-16-11-6-5-10-15(16)18(20)23)22(27(3,25)26)14-9-7-8-13(2)12-14/h5-12,17H,4H2,1-3H3,(H2,20,23)(H,21,24)/t17-/m1/s1. The summed E-state index contributed by atoms with van der Waals surface area (Å²) in [4.78, 5) is 24.5. The predicted molar refractivity (Wildman–Crippen MR) is 106 cm³/mol. The summed E-state index contributed by atoms with van der Waals surface area (Å²) in [7, 11) is -3.73. The van der Waals surface area contributed by atoms with Crippen LogP contribution in [0.5, 0.6) is 0 Å². The van der Waals surface area contributed by atoms with Gasteiger partial charge in [-0.15, -0.1) is 0 Å². The molecule has 2 aromatic rings. The number of sulfonamides is 1. The van der Waals surface area contributed by atoms with Gasteiger partial charge in [-0.2, -0.15) is 0 Å². The highest BCUT2D eigenvalue weighted by molar-refractivity contribution is 7.92. The summed E-state index contributed by atoms with van der Waals surface area (Å²) < 4.78 is 26.0. The van der Waals surface area contributed by atoms with Crippen LogP contribution in [0.4, 0.5) is 11.4 Å². The van der Waals surface area contributed by atoms with E-state index in [9.17, 15) is 18.0 Å². The largest absolute Gasteiger partial charge is 0.366 e. The van der Waals surface area contributed by atoms with Crippen molar-refractivity contribution in [2.45, 2.75) is 26.3 Å². The Morgan fingerprint density at radius 2 is 1.81 bits per heavy atom. The van der Waals surface area contributed by atoms with Crippen molar-refractivity contribution in [2.75, 3.05) is 15.9 Å². The van der Waals surface area contributed by atoms with E-state index in [-0.39, 0.29) is 17.7 Å². The van der Waals surface area contributed by atoms with Crippen molar-refractivity contribution in [1.82, 2.24) is 0 Å². The van der Waals surface area contributed by atoms with Crippen LogP contribution in [0.25, 0.3) is 0 Å². The molecule has 0 bridgehead atoms. The number of rotatable bonds is 7. The second-order valence-electron chi connectivity index (χ2n) is 6.22. The Hall–Kier alpha value is -2.87. The summed E-state index contributed by atoms with van der Waals surface area (Å²) in [5.74, 6) is -1.23. The average Bonchev–Trinajstić information content (AvgIpc) is 2.58. The zero-order chi connectivity index (χ0) is 20.2. The third kappa shape index (κ3) is 4.85. The smallest absolute Gasteiger partial charge is 0.250 e. The number of hydrogen-bond donors (Lipinski definition) is 2. The van der Waals surface area contributed by atoms with Crippen molar-refractivity contribution in [3.8, 4) is 0 Å². The van der Waals surface area contributed by atoms with Gasteiger partial charge in [0.15, 0.2) is 0 Å². The number of hydrogen-bond acceptors (Lipinski definition) is 4. The molecule has 2 amide bonds. The van der Waals surface area contributed by atoms with Crippen LogP contribution in [0.15, 0.2) is 48.5 Å². The maximum Gasteiger partial charge on any atom is 0.250 e. The molecule has 0 saturated carbocycles. The van der Waals surface area contributed by atoms with E-state index in [0.29, 0.717) is 5.69 Å². The lowest BCUT2D eigenvalue weighted by molar-refractivity contribution is -0.117. The molecule has 0 aliphatic heterocycles. The third-order valence-electron chi connectivity index (χ3n) is 4.04. The minimum Gasteiger partial charge on any atom is -0.366 e. The van der Waals surface area contributed by atoms with Crippen molar-refractivity contribution in [2.24, 2.45) is 5.73 Å². The van der Waals surface area contributed by atoms with E-state index in [2.05, 4.69) is 5.32 Å². The second kappa shape index (κ2) is 8.22. The normalized spacial score (nSPS) is 12.3. The summed E-state index contributed by atoms with van der Waals surface area (Å²) in [6.45, 7) is 3.56. The summed E-state index contributed by atoms with van der Waals surface area (Å²) in [5.41, 5.74) is 7.01. The number of aryl methyl sites for hydroxylation is 1. The van der Waals surface area contributed by atoms with Crippen molar-refractivity contribution >= 4 is 33.2 Å². The van der Waals surface area contributed by atoms with Gasteiger partial charge in [-0.05, 0) is 43.2 Å². The first kappa shape index (κ1) is 20.4. The monoisotopic (exact) mass is 389 g/mol. The van der Waals surface area contributed by atoms with Gasteiger partial charge in [0.25, 0.3) is 5.91 Å². The van der Waals surface area contributed by atoms with E-state index in [1.54, 1.807) is 43.3 Å². The lowest BCUT2D eigenvalue weighted by Crippen LogP contribution is -2.47. The number of benzene rings is 2. The molecule has 2 aromatic carbocycles. The fourth-order valence-corrected chi connectivity index (χ4v) is 4.05. The van der Waals surface area contributed by atoms with Crippen LogP contribution in [0.1, 0.15) is 29.3 Å². The molecule has 7 nitrogen and oxygen atoms in total. The summed E-state index contributed by atoms with van der Waals surface area (Å²) in [6.07, 6.45) is 1.30. The van der Waals surface area contributed by atoms with Crippen molar-refractivity contribution in [3.63, 3.8) is 0 Å². The number of primary amides is 1. The molecule has 0 radical (unpaired) electrons. The first-order chi connectivity index (χ1) is 12.6. The zero-order valence-electron chi connectivity index (χ0n) is 15.5. The lowest BCUT2D eigenvalue weighted by Gasteiger charge is -2.30. The maximum absolute atomic E-state index is 12.9. The highest BCUT2D eigenvalue weighted by Crippen LogP contribution is 2.25. The Bertz CT molecular complexity index is 957. The van der Waals surface area contributed by atoms with Gasteiger partial charge >= 0.3 is 0 Å². The Kier molecular flexibility index (Phi) is 6.22. The minimum atomic E-state index is -3.73. The van der Waals surface area contributed by atoms with Crippen LogP contribution >= 0.6 is 0 Å². The summed E-state index contributed by atoms with van der Waals surface area (Å²) >= 11 is 0. The molecular formula is C19H23N3O4S. The molecule has 0 heterocycles. The fourth-order valence-electron chi connectivity index (χ4n) is 2.85. The number of nitrogens with zero attached hydrogens (tertiary/aromatic N) is 1. The van der Waals surface area contributed by atoms with Crippen LogP contribution in [-0.2, 0) is 14.8 Å². The Labute approximate surface area is 159 Å². The topological polar surface area (TPSA) is 110 Å². The molecule has 1 atom stereocenters. The number of carbonyl (C=O) groups excluding carboxylic acids is 2. The van der Waals surface area contributed by atoms with Gasteiger partial charge in [-0.1, -0.05) is 31.2 Å². The summed E-state index contributed by atoms with van der Waals surface area (Å²) in [5, 5.41) is 2.63. The Balaban J connectivity index is 2.43. The molecule has 0 aromatic heterocycles. The number of anilines is 2. The molecule has 0 fully saturated rings. The first-order valence-electron chi connectivity index (χ1n) is 8.41. The Morgan fingerprint density at radius 1 is 1.15 bits per heavy atom. The van der Waals surface area contributed by atoms with E-state index >= 15 is 0 Å². The molecular weight excluding hydrogens is 366 g/mol. The van der Waals surface area contributed by atoms with Gasteiger partial charge in [0.1, 0.15) is 6.04 Å². The third-order valence-corrected chi connectivity index (χ3v) is 5.22. The predicted octanol–water partition coefficient (Wildman–Crippen LogP) is 2.28. The molecule has 0 spiro atoms. The molecule has 144 valence electrons. The minimum absolute atomic E-state index is 0.155. The van der Waals surface area contributed by atoms with Crippen LogP contribution < -0.4 is 15.4 Å². The molecule has 0 saturated heterocycles. The van der Waals surface area contributed by atoms with E-state index in [0.717, 1.165) is 16.1 Å². The van der Waals surface area contributed by atoms with E-state index in [1.807, 2.05) is 13.0 Å². The number of para-hydroxylation sites is 1. The Morgan fingerprint density at radius 3 is 2.37 bits per heavy atom. The lowest BCUT2D eigenvalue weighted by atomic mass is 10.1.